The maximum absolute atomic E-state index is 13.5. The number of carbonyl (C=O) groups excluding carboxylic acids is 1. The van der Waals surface area contributed by atoms with Gasteiger partial charge < -0.3 is 15.1 Å². The minimum Gasteiger partial charge on any atom is -0.369 e. The van der Waals surface area contributed by atoms with Crippen molar-refractivity contribution in [2.75, 3.05) is 38.5 Å². The Bertz CT molecular complexity index is 508. The highest BCUT2D eigenvalue weighted by Gasteiger charge is 2.27. The molecule has 5 nitrogen and oxygen atoms in total. The molecule has 1 fully saturated rings. The van der Waals surface area contributed by atoms with Crippen molar-refractivity contribution in [3.63, 3.8) is 0 Å². The van der Waals surface area contributed by atoms with Gasteiger partial charge in [-0.1, -0.05) is 6.92 Å². The van der Waals surface area contributed by atoms with Gasteiger partial charge in [0.15, 0.2) is 0 Å². The van der Waals surface area contributed by atoms with E-state index in [0.29, 0.717) is 37.1 Å². The second-order valence-electron chi connectivity index (χ2n) is 5.56. The highest BCUT2D eigenvalue weighted by atomic mass is 19.1. The summed E-state index contributed by atoms with van der Waals surface area (Å²) in [6, 6.07) is 1.58. The number of halogens is 1. The Balaban J connectivity index is 2.19. The molecule has 0 saturated carbocycles. The van der Waals surface area contributed by atoms with Crippen molar-refractivity contribution in [1.82, 2.24) is 14.8 Å². The van der Waals surface area contributed by atoms with E-state index in [1.165, 1.54) is 6.07 Å². The summed E-state index contributed by atoms with van der Waals surface area (Å²) in [5, 5.41) is 3.09. The molecule has 1 unspecified atom stereocenters. The van der Waals surface area contributed by atoms with E-state index >= 15 is 0 Å². The Kier molecular flexibility index (Phi) is 5.12. The monoisotopic (exact) mass is 294 g/mol. The molecule has 2 rings (SSSR count). The van der Waals surface area contributed by atoms with Crippen LogP contribution in [0.3, 0.4) is 0 Å². The predicted octanol–water partition coefficient (Wildman–Crippen LogP) is 1.82. The molecular formula is C15H23FN4O. The van der Waals surface area contributed by atoms with Crippen LogP contribution < -0.4 is 5.32 Å². The maximum atomic E-state index is 13.5. The number of rotatable bonds is 4. The van der Waals surface area contributed by atoms with Gasteiger partial charge in [-0.3, -0.25) is 4.79 Å². The van der Waals surface area contributed by atoms with Crippen molar-refractivity contribution in [2.24, 2.45) is 0 Å². The minimum atomic E-state index is -0.484. The molecule has 1 N–H and O–H groups in total. The number of anilines is 1. The lowest BCUT2D eigenvalue weighted by Gasteiger charge is -2.37. The molecule has 1 amide bonds. The Labute approximate surface area is 125 Å². The summed E-state index contributed by atoms with van der Waals surface area (Å²) in [5.41, 5.74) is 0.320. The van der Waals surface area contributed by atoms with E-state index in [9.17, 15) is 9.18 Å². The zero-order valence-electron chi connectivity index (χ0n) is 12.9. The van der Waals surface area contributed by atoms with Crippen molar-refractivity contribution in [3.8, 4) is 0 Å². The fourth-order valence-electron chi connectivity index (χ4n) is 2.39. The first-order valence-electron chi connectivity index (χ1n) is 7.41. The SMILES string of the molecule is CCCNc1ncc(F)cc1C(=O)N1CCN(C)C(C)C1. The molecule has 1 saturated heterocycles. The Hall–Kier alpha value is -1.69. The van der Waals surface area contributed by atoms with Crippen molar-refractivity contribution in [3.05, 3.63) is 23.6 Å². The molecule has 0 spiro atoms. The molecule has 1 atom stereocenters. The van der Waals surface area contributed by atoms with Crippen LogP contribution >= 0.6 is 0 Å². The highest BCUT2D eigenvalue weighted by molar-refractivity contribution is 5.98. The fourth-order valence-corrected chi connectivity index (χ4v) is 2.39. The number of carbonyl (C=O) groups is 1. The van der Waals surface area contributed by atoms with Crippen molar-refractivity contribution >= 4 is 11.7 Å². The standard InChI is InChI=1S/C15H23FN4O/c1-4-5-17-14-13(8-12(16)9-18-14)15(21)20-7-6-19(3)11(2)10-20/h8-9,11H,4-7,10H2,1-3H3,(H,17,18). The van der Waals surface area contributed by atoms with Crippen LogP contribution in [0.5, 0.6) is 0 Å². The number of amides is 1. The topological polar surface area (TPSA) is 48.5 Å². The second kappa shape index (κ2) is 6.85. The summed E-state index contributed by atoms with van der Waals surface area (Å²) in [6.45, 7) is 6.95. The fraction of sp³-hybridized carbons (Fsp3) is 0.600. The van der Waals surface area contributed by atoms with E-state index in [1.807, 2.05) is 14.0 Å². The van der Waals surface area contributed by atoms with Gasteiger partial charge in [0.25, 0.3) is 5.91 Å². The number of likely N-dealkylation sites (N-methyl/N-ethyl adjacent to an activating group) is 1. The van der Waals surface area contributed by atoms with Gasteiger partial charge in [-0.05, 0) is 26.5 Å². The summed E-state index contributed by atoms with van der Waals surface area (Å²) < 4.78 is 13.5. The third-order valence-electron chi connectivity index (χ3n) is 3.87. The first-order chi connectivity index (χ1) is 10.0. The second-order valence-corrected chi connectivity index (χ2v) is 5.56. The molecular weight excluding hydrogens is 271 g/mol. The molecule has 6 heteroatoms. The lowest BCUT2D eigenvalue weighted by molar-refractivity contribution is 0.0572. The lowest BCUT2D eigenvalue weighted by atomic mass is 10.1. The van der Waals surface area contributed by atoms with E-state index in [2.05, 4.69) is 22.1 Å². The molecule has 1 aromatic rings. The van der Waals surface area contributed by atoms with E-state index < -0.39 is 5.82 Å². The number of piperazine rings is 1. The van der Waals surface area contributed by atoms with Crippen LogP contribution in [0.4, 0.5) is 10.2 Å². The molecule has 116 valence electrons. The smallest absolute Gasteiger partial charge is 0.257 e. The van der Waals surface area contributed by atoms with Gasteiger partial charge in [0.05, 0.1) is 11.8 Å². The van der Waals surface area contributed by atoms with Crippen LogP contribution in [0.2, 0.25) is 0 Å². The number of hydrogen-bond donors (Lipinski definition) is 1. The summed E-state index contributed by atoms with van der Waals surface area (Å²) in [7, 11) is 2.05. The molecule has 1 aromatic heterocycles. The molecule has 0 aliphatic carbocycles. The number of nitrogens with zero attached hydrogens (tertiary/aromatic N) is 3. The van der Waals surface area contributed by atoms with E-state index in [0.717, 1.165) is 19.2 Å². The van der Waals surface area contributed by atoms with Crippen LogP contribution in [0, 0.1) is 5.82 Å². The molecule has 0 radical (unpaired) electrons. The van der Waals surface area contributed by atoms with Gasteiger partial charge in [-0.15, -0.1) is 0 Å². The molecule has 21 heavy (non-hydrogen) atoms. The lowest BCUT2D eigenvalue weighted by Crippen LogP contribution is -2.52. The van der Waals surface area contributed by atoms with Gasteiger partial charge in [0.1, 0.15) is 11.6 Å². The average Bonchev–Trinajstić information content (AvgIpc) is 2.48. The summed E-state index contributed by atoms with van der Waals surface area (Å²) in [4.78, 5) is 20.7. The predicted molar refractivity (Wildman–Crippen MR) is 81.0 cm³/mol. The van der Waals surface area contributed by atoms with Crippen LogP contribution in [0.15, 0.2) is 12.3 Å². The number of pyridine rings is 1. The van der Waals surface area contributed by atoms with Crippen LogP contribution in [-0.4, -0.2) is 60.0 Å². The zero-order valence-corrected chi connectivity index (χ0v) is 12.9. The molecule has 1 aliphatic rings. The van der Waals surface area contributed by atoms with Gasteiger partial charge in [-0.25, -0.2) is 9.37 Å². The highest BCUT2D eigenvalue weighted by Crippen LogP contribution is 2.18. The average molecular weight is 294 g/mol. The number of nitrogens with one attached hydrogen (secondary N) is 1. The summed E-state index contributed by atoms with van der Waals surface area (Å²) in [6.07, 6.45) is 2.06. The van der Waals surface area contributed by atoms with Gasteiger partial charge in [0.2, 0.25) is 0 Å². The number of hydrogen-bond acceptors (Lipinski definition) is 4. The summed E-state index contributed by atoms with van der Waals surface area (Å²) >= 11 is 0. The van der Waals surface area contributed by atoms with Gasteiger partial charge in [0, 0.05) is 32.2 Å². The molecule has 0 bridgehead atoms. The van der Waals surface area contributed by atoms with Crippen molar-refractivity contribution < 1.29 is 9.18 Å². The van der Waals surface area contributed by atoms with Gasteiger partial charge in [-0.2, -0.15) is 0 Å². The van der Waals surface area contributed by atoms with Gasteiger partial charge >= 0.3 is 0 Å². The Morgan fingerprint density at radius 2 is 2.29 bits per heavy atom. The Morgan fingerprint density at radius 3 is 2.95 bits per heavy atom. The van der Waals surface area contributed by atoms with Crippen LogP contribution in [0.1, 0.15) is 30.6 Å². The summed E-state index contributed by atoms with van der Waals surface area (Å²) in [5.74, 6) is -0.169. The minimum absolute atomic E-state index is 0.152. The first-order valence-corrected chi connectivity index (χ1v) is 7.41. The van der Waals surface area contributed by atoms with Crippen LogP contribution in [0.25, 0.3) is 0 Å². The van der Waals surface area contributed by atoms with Crippen molar-refractivity contribution in [2.45, 2.75) is 26.3 Å². The number of aromatic nitrogens is 1. The third kappa shape index (κ3) is 3.69. The molecule has 0 aromatic carbocycles. The quantitative estimate of drug-likeness (QED) is 0.920. The van der Waals surface area contributed by atoms with E-state index in [4.69, 9.17) is 0 Å². The Morgan fingerprint density at radius 1 is 1.52 bits per heavy atom. The maximum Gasteiger partial charge on any atom is 0.257 e. The molecule has 1 aliphatic heterocycles. The normalized spacial score (nSPS) is 19.6. The third-order valence-corrected chi connectivity index (χ3v) is 3.87. The van der Waals surface area contributed by atoms with E-state index in [1.54, 1.807) is 4.90 Å². The molecule has 2 heterocycles. The largest absolute Gasteiger partial charge is 0.369 e. The van der Waals surface area contributed by atoms with E-state index in [-0.39, 0.29) is 5.91 Å². The van der Waals surface area contributed by atoms with Crippen LogP contribution in [-0.2, 0) is 0 Å². The first kappa shape index (κ1) is 15.7. The van der Waals surface area contributed by atoms with Crippen molar-refractivity contribution in [1.29, 1.82) is 0 Å². The zero-order chi connectivity index (χ0) is 15.4.